The largest absolute Gasteiger partial charge is 0.457 e. The van der Waals surface area contributed by atoms with Crippen LogP contribution in [0.4, 0.5) is 5.69 Å². The lowest BCUT2D eigenvalue weighted by Crippen LogP contribution is -2.12. The predicted molar refractivity (Wildman–Crippen MR) is 124 cm³/mol. The number of hydrogen-bond acceptors (Lipinski definition) is 6. The molecule has 0 radical (unpaired) electrons. The number of ketones is 1. The number of hydrogen-bond donors (Lipinski definition) is 3. The van der Waals surface area contributed by atoms with E-state index < -0.39 is 0 Å². The van der Waals surface area contributed by atoms with Gasteiger partial charge in [0.15, 0.2) is 5.78 Å². The molecule has 32 heavy (non-hydrogen) atoms. The second kappa shape index (κ2) is 10.3. The maximum atomic E-state index is 13.3. The fraction of sp³-hybridized carbons (Fsp3) is 0.167. The van der Waals surface area contributed by atoms with Crippen molar-refractivity contribution in [2.45, 2.75) is 0 Å². The van der Waals surface area contributed by atoms with E-state index in [1.54, 1.807) is 36.7 Å². The van der Waals surface area contributed by atoms with Crippen molar-refractivity contribution in [2.75, 3.05) is 31.7 Å². The number of ether oxygens (including phenoxy) is 2. The molecule has 0 bridgehead atoms. The van der Waals surface area contributed by atoms with E-state index in [0.717, 1.165) is 5.69 Å². The Morgan fingerprint density at radius 2 is 1.91 bits per heavy atom. The van der Waals surface area contributed by atoms with Crippen molar-refractivity contribution in [3.05, 3.63) is 83.1 Å². The molecule has 0 aliphatic carbocycles. The monoisotopic (exact) mass is 451 g/mol. The van der Waals surface area contributed by atoms with Crippen molar-refractivity contribution < 1.29 is 19.4 Å². The number of H-pyrrole nitrogens is 1. The Labute approximate surface area is 190 Å². The minimum Gasteiger partial charge on any atom is -0.457 e. The molecule has 4 aromatic rings. The summed E-state index contributed by atoms with van der Waals surface area (Å²) in [5.74, 6) is 1.01. The number of aliphatic hydroxyl groups excluding tert-OH is 1. The standard InChI is InChI=1S/C24H22ClN3O4/c25-20-14-17(32-16-4-2-1-3-5-16)6-7-18(20)23(30)19-15-28-24-22(19)21(8-9-27-24)26-10-12-31-13-11-29/h1-9,14-15,29H,10-13H2,(H2,26,27,28). The van der Waals surface area contributed by atoms with Crippen LogP contribution in [0.25, 0.3) is 11.0 Å². The number of fused-ring (bicyclic) bond motifs is 1. The number of anilines is 1. The maximum absolute atomic E-state index is 13.3. The van der Waals surface area contributed by atoms with Gasteiger partial charge < -0.3 is 24.9 Å². The first-order valence-corrected chi connectivity index (χ1v) is 10.5. The Morgan fingerprint density at radius 1 is 1.06 bits per heavy atom. The number of rotatable bonds is 10. The van der Waals surface area contributed by atoms with Gasteiger partial charge in [-0.15, -0.1) is 0 Å². The molecule has 8 heteroatoms. The molecule has 164 valence electrons. The molecular weight excluding hydrogens is 430 g/mol. The summed E-state index contributed by atoms with van der Waals surface area (Å²) >= 11 is 6.45. The molecule has 2 heterocycles. The summed E-state index contributed by atoms with van der Waals surface area (Å²) in [6.45, 7) is 1.20. The predicted octanol–water partition coefficient (Wildman–Crippen LogP) is 4.66. The molecule has 2 aromatic heterocycles. The highest BCUT2D eigenvalue weighted by molar-refractivity contribution is 6.35. The second-order valence-corrected chi connectivity index (χ2v) is 7.34. The van der Waals surface area contributed by atoms with Gasteiger partial charge in [0.1, 0.15) is 17.1 Å². The molecule has 3 N–H and O–H groups in total. The van der Waals surface area contributed by atoms with Crippen LogP contribution in [0.1, 0.15) is 15.9 Å². The summed E-state index contributed by atoms with van der Waals surface area (Å²) in [5.41, 5.74) is 2.18. The fourth-order valence-electron chi connectivity index (χ4n) is 3.32. The van der Waals surface area contributed by atoms with Gasteiger partial charge in [0, 0.05) is 36.3 Å². The first-order valence-electron chi connectivity index (χ1n) is 10.1. The molecule has 0 fully saturated rings. The lowest BCUT2D eigenvalue weighted by molar-refractivity contribution is 0.0992. The first-order chi connectivity index (χ1) is 15.7. The van der Waals surface area contributed by atoms with Crippen molar-refractivity contribution in [1.82, 2.24) is 9.97 Å². The zero-order valence-corrected chi connectivity index (χ0v) is 17.9. The average Bonchev–Trinajstić information content (AvgIpc) is 3.24. The van der Waals surface area contributed by atoms with E-state index >= 15 is 0 Å². The molecule has 0 saturated heterocycles. The highest BCUT2D eigenvalue weighted by atomic mass is 35.5. The smallest absolute Gasteiger partial charge is 0.196 e. The van der Waals surface area contributed by atoms with Crippen molar-refractivity contribution in [3.63, 3.8) is 0 Å². The average molecular weight is 452 g/mol. The third-order valence-corrected chi connectivity index (χ3v) is 5.09. The molecule has 0 aliphatic heterocycles. The van der Waals surface area contributed by atoms with E-state index in [-0.39, 0.29) is 19.0 Å². The van der Waals surface area contributed by atoms with Gasteiger partial charge in [-0.3, -0.25) is 4.79 Å². The quantitative estimate of drug-likeness (QED) is 0.240. The van der Waals surface area contributed by atoms with Crippen LogP contribution in [-0.2, 0) is 4.74 Å². The van der Waals surface area contributed by atoms with Crippen LogP contribution in [0.2, 0.25) is 5.02 Å². The topological polar surface area (TPSA) is 96.5 Å². The number of halogens is 1. The van der Waals surface area contributed by atoms with E-state index in [1.807, 2.05) is 30.3 Å². The van der Waals surface area contributed by atoms with Gasteiger partial charge in [-0.2, -0.15) is 0 Å². The Bertz CT molecular complexity index is 1210. The van der Waals surface area contributed by atoms with Crippen molar-refractivity contribution in [3.8, 4) is 11.5 Å². The van der Waals surface area contributed by atoms with Gasteiger partial charge in [-0.05, 0) is 30.3 Å². The molecule has 4 rings (SSSR count). The van der Waals surface area contributed by atoms with E-state index in [4.69, 9.17) is 26.2 Å². The molecule has 0 amide bonds. The molecule has 0 aliphatic rings. The van der Waals surface area contributed by atoms with E-state index in [0.29, 0.717) is 51.8 Å². The summed E-state index contributed by atoms with van der Waals surface area (Å²) in [4.78, 5) is 20.7. The fourth-order valence-corrected chi connectivity index (χ4v) is 3.58. The lowest BCUT2D eigenvalue weighted by atomic mass is 10.0. The van der Waals surface area contributed by atoms with Gasteiger partial charge in [0.2, 0.25) is 0 Å². The van der Waals surface area contributed by atoms with Crippen molar-refractivity contribution in [1.29, 1.82) is 0 Å². The third kappa shape index (κ3) is 4.91. The number of pyridine rings is 1. The van der Waals surface area contributed by atoms with Crippen LogP contribution in [-0.4, -0.2) is 47.2 Å². The number of para-hydroxylation sites is 1. The van der Waals surface area contributed by atoms with Crippen molar-refractivity contribution >= 4 is 34.1 Å². The van der Waals surface area contributed by atoms with Gasteiger partial charge in [-0.25, -0.2) is 4.98 Å². The van der Waals surface area contributed by atoms with Gasteiger partial charge in [0.05, 0.1) is 35.8 Å². The molecule has 7 nitrogen and oxygen atoms in total. The van der Waals surface area contributed by atoms with Crippen LogP contribution < -0.4 is 10.1 Å². The second-order valence-electron chi connectivity index (χ2n) is 6.93. The summed E-state index contributed by atoms with van der Waals surface area (Å²) in [7, 11) is 0. The van der Waals surface area contributed by atoms with Gasteiger partial charge >= 0.3 is 0 Å². The molecular formula is C24H22ClN3O4. The maximum Gasteiger partial charge on any atom is 0.196 e. The molecule has 0 atom stereocenters. The highest BCUT2D eigenvalue weighted by Gasteiger charge is 2.20. The summed E-state index contributed by atoms with van der Waals surface area (Å²) in [6, 6.07) is 16.2. The number of aromatic nitrogens is 2. The van der Waals surface area contributed by atoms with Crippen LogP contribution in [0.3, 0.4) is 0 Å². The summed E-state index contributed by atoms with van der Waals surface area (Å²) in [6.07, 6.45) is 3.30. The third-order valence-electron chi connectivity index (χ3n) is 4.78. The van der Waals surface area contributed by atoms with Crippen molar-refractivity contribution in [2.24, 2.45) is 0 Å². The summed E-state index contributed by atoms with van der Waals surface area (Å²) in [5, 5.41) is 13.0. The van der Waals surface area contributed by atoms with Crippen LogP contribution in [0.5, 0.6) is 11.5 Å². The Hall–Kier alpha value is -3.39. The zero-order valence-electron chi connectivity index (χ0n) is 17.2. The number of aliphatic hydroxyl groups is 1. The van der Waals surface area contributed by atoms with E-state index in [1.165, 1.54) is 0 Å². The Balaban J connectivity index is 1.57. The minimum atomic E-state index is -0.222. The van der Waals surface area contributed by atoms with Gasteiger partial charge in [0.25, 0.3) is 0 Å². The summed E-state index contributed by atoms with van der Waals surface area (Å²) < 4.78 is 11.1. The zero-order chi connectivity index (χ0) is 22.3. The van der Waals surface area contributed by atoms with Gasteiger partial charge in [-0.1, -0.05) is 29.8 Å². The highest BCUT2D eigenvalue weighted by Crippen LogP contribution is 2.31. The van der Waals surface area contributed by atoms with Crippen LogP contribution >= 0.6 is 11.6 Å². The molecule has 0 unspecified atom stereocenters. The molecule has 0 saturated carbocycles. The normalized spacial score (nSPS) is 10.9. The minimum absolute atomic E-state index is 0.0219. The Morgan fingerprint density at radius 3 is 2.69 bits per heavy atom. The number of carbonyl (C=O) groups excluding carboxylic acids is 1. The number of nitrogens with zero attached hydrogens (tertiary/aromatic N) is 1. The number of carbonyl (C=O) groups is 1. The molecule has 2 aromatic carbocycles. The van der Waals surface area contributed by atoms with E-state index in [9.17, 15) is 4.79 Å². The molecule has 0 spiro atoms. The number of aromatic amines is 1. The SMILES string of the molecule is O=C(c1ccc(Oc2ccccc2)cc1Cl)c1c[nH]c2nccc(NCCOCCO)c12. The van der Waals surface area contributed by atoms with E-state index in [2.05, 4.69) is 15.3 Å². The Kier molecular flexibility index (Phi) is 7.01. The van der Waals surface area contributed by atoms with Crippen LogP contribution in [0.15, 0.2) is 67.0 Å². The number of benzene rings is 2. The lowest BCUT2D eigenvalue weighted by Gasteiger charge is -2.10. The first kappa shape index (κ1) is 21.8. The van der Waals surface area contributed by atoms with Crippen LogP contribution in [0, 0.1) is 0 Å². The number of nitrogens with one attached hydrogen (secondary N) is 2.